The number of carbonyl (C=O) groups is 5. The van der Waals surface area contributed by atoms with Crippen LogP contribution in [0.1, 0.15) is 179 Å². The van der Waals surface area contributed by atoms with E-state index in [-0.39, 0.29) is 50.1 Å². The van der Waals surface area contributed by atoms with Crippen LogP contribution in [0.2, 0.25) is 0 Å². The number of ketones is 2. The van der Waals surface area contributed by atoms with Crippen molar-refractivity contribution in [3.63, 3.8) is 0 Å². The Balaban J connectivity index is 1.48. The lowest BCUT2D eigenvalue weighted by Crippen LogP contribution is -2.53. The summed E-state index contributed by atoms with van der Waals surface area (Å²) in [6.45, 7) is 3.57. The fourth-order valence-electron chi connectivity index (χ4n) is 9.98. The Morgan fingerprint density at radius 1 is 0.611 bits per heavy atom. The molecule has 11 nitrogen and oxygen atoms in total. The van der Waals surface area contributed by atoms with Gasteiger partial charge in [-0.05, 0) is 64.7 Å². The van der Waals surface area contributed by atoms with Crippen molar-refractivity contribution in [1.29, 1.82) is 0 Å². The van der Waals surface area contributed by atoms with Gasteiger partial charge in [0, 0.05) is 44.6 Å². The maximum atomic E-state index is 15.1. The van der Waals surface area contributed by atoms with Crippen molar-refractivity contribution in [3.05, 3.63) is 71.8 Å². The summed E-state index contributed by atoms with van der Waals surface area (Å²) in [5.74, 6) is -4.39. The topological polar surface area (TPSA) is 141 Å². The fourth-order valence-corrected chi connectivity index (χ4v) is 9.98. The Kier molecular flexibility index (Phi) is 24.7. The molecule has 2 heterocycles. The molecule has 0 unspecified atom stereocenters. The number of rotatable bonds is 34. The highest BCUT2D eigenvalue weighted by Gasteiger charge is 2.66. The van der Waals surface area contributed by atoms with E-state index < -0.39 is 89.0 Å². The first-order valence-electron chi connectivity index (χ1n) is 26.0. The Morgan fingerprint density at radius 2 is 1.03 bits per heavy atom. The number of methoxy groups -OCH3 is 2. The van der Waals surface area contributed by atoms with Gasteiger partial charge in [-0.2, -0.15) is 26.3 Å². The van der Waals surface area contributed by atoms with Crippen molar-refractivity contribution < 1.29 is 78.7 Å². The van der Waals surface area contributed by atoms with E-state index in [4.69, 9.17) is 28.4 Å². The predicted molar refractivity (Wildman–Crippen MR) is 256 cm³/mol. The number of Topliss-reactive ketones (excluding diaryl/α,β-unsaturated/α-hetero) is 2. The molecule has 0 radical (unpaired) electrons. The highest BCUT2D eigenvalue weighted by Crippen LogP contribution is 2.46. The van der Waals surface area contributed by atoms with E-state index in [2.05, 4.69) is 6.92 Å². The number of cyclic esters (lactones) is 1. The Morgan fingerprint density at radius 3 is 1.43 bits per heavy atom. The number of benzene rings is 2. The first-order valence-corrected chi connectivity index (χ1v) is 26.0. The van der Waals surface area contributed by atoms with Crippen LogP contribution in [0.4, 0.5) is 26.3 Å². The van der Waals surface area contributed by atoms with Crippen molar-refractivity contribution >= 4 is 29.5 Å². The van der Waals surface area contributed by atoms with Gasteiger partial charge in [0.15, 0.2) is 0 Å². The lowest BCUT2D eigenvalue weighted by molar-refractivity contribution is -0.280. The van der Waals surface area contributed by atoms with Crippen molar-refractivity contribution in [2.24, 2.45) is 5.92 Å². The van der Waals surface area contributed by atoms with Crippen LogP contribution in [-0.4, -0.2) is 86.6 Å². The van der Waals surface area contributed by atoms with Crippen LogP contribution in [0, 0.1) is 5.92 Å². The zero-order valence-corrected chi connectivity index (χ0v) is 42.5. The van der Waals surface area contributed by atoms with Gasteiger partial charge in [-0.3, -0.25) is 9.59 Å². The zero-order chi connectivity index (χ0) is 52.8. The smallest absolute Gasteiger partial charge is 0.432 e. The molecule has 0 aliphatic carbocycles. The molecule has 2 fully saturated rings. The Hall–Kier alpha value is -4.35. The van der Waals surface area contributed by atoms with E-state index in [1.54, 1.807) is 0 Å². The summed E-state index contributed by atoms with van der Waals surface area (Å²) in [6.07, 6.45) is -0.918. The lowest BCUT2D eigenvalue weighted by atomic mass is 9.92. The van der Waals surface area contributed by atoms with E-state index in [1.807, 2.05) is 0 Å². The molecule has 2 aromatic carbocycles. The Bertz CT molecular complexity index is 1960. The van der Waals surface area contributed by atoms with Gasteiger partial charge in [-0.25, -0.2) is 9.59 Å². The van der Waals surface area contributed by atoms with Gasteiger partial charge in [0.2, 0.25) is 0 Å². The summed E-state index contributed by atoms with van der Waals surface area (Å²) in [6, 6.07) is 12.8. The molecule has 0 amide bonds. The zero-order valence-electron chi connectivity index (χ0n) is 42.5. The minimum Gasteiger partial charge on any atom is -0.462 e. The maximum absolute atomic E-state index is 15.1. The van der Waals surface area contributed by atoms with Gasteiger partial charge in [0.1, 0.15) is 29.9 Å². The van der Waals surface area contributed by atoms with E-state index in [0.29, 0.717) is 64.2 Å². The first-order chi connectivity index (χ1) is 34.3. The van der Waals surface area contributed by atoms with Crippen LogP contribution < -0.4 is 0 Å². The second-order valence-electron chi connectivity index (χ2n) is 19.4. The second kappa shape index (κ2) is 29.5. The van der Waals surface area contributed by atoms with Crippen molar-refractivity contribution in [3.8, 4) is 0 Å². The van der Waals surface area contributed by atoms with Crippen LogP contribution >= 0.6 is 0 Å². The molecule has 2 aliphatic rings. The summed E-state index contributed by atoms with van der Waals surface area (Å²) in [4.78, 5) is 64.2. The molecule has 0 N–H and O–H groups in total. The minimum absolute atomic E-state index is 0.00854. The van der Waals surface area contributed by atoms with Gasteiger partial charge in [0.25, 0.3) is 11.2 Å². The highest BCUT2D eigenvalue weighted by molar-refractivity contribution is 5.85. The normalized spacial score (nSPS) is 20.8. The van der Waals surface area contributed by atoms with Gasteiger partial charge in [0.05, 0.1) is 18.1 Å². The highest BCUT2D eigenvalue weighted by atomic mass is 19.4. The third-order valence-corrected chi connectivity index (χ3v) is 14.0. The molecule has 0 saturated carbocycles. The Labute approximate surface area is 421 Å². The number of esters is 3. The van der Waals surface area contributed by atoms with Crippen molar-refractivity contribution in [1.82, 2.24) is 0 Å². The number of hydrogen-bond acceptors (Lipinski definition) is 11. The molecule has 72 heavy (non-hydrogen) atoms. The van der Waals surface area contributed by atoms with Gasteiger partial charge >= 0.3 is 30.3 Å². The van der Waals surface area contributed by atoms with Gasteiger partial charge in [-0.15, -0.1) is 0 Å². The van der Waals surface area contributed by atoms with Crippen LogP contribution in [-0.2, 0) is 63.6 Å². The number of unbranched alkanes of at least 4 members (excludes halogenated alkanes) is 13. The molecule has 4 rings (SSSR count). The molecule has 17 heteroatoms. The summed E-state index contributed by atoms with van der Waals surface area (Å²) in [7, 11) is 1.55. The van der Waals surface area contributed by atoms with Crippen LogP contribution in [0.3, 0.4) is 0 Å². The number of ether oxygens (including phenoxy) is 6. The monoisotopic (exact) mass is 1030 g/mol. The van der Waals surface area contributed by atoms with Crippen molar-refractivity contribution in [2.75, 3.05) is 14.2 Å². The number of carbonyl (C=O) groups excluding carboxylic acids is 5. The molecule has 0 bridgehead atoms. The SMILES string of the molecule is CCCCCCCCCCCC[C@@H](OC(=O)[C@@](OC)(c1ccccc1)C(F)(F)F)[C@H]1CC[C@H]([C@@H](CCCCCCCC(=O)CC[C@@H]2C[C@@H](CC(C)=O)C(=O)O2)OC(=O)[C@@](OC)(c2ccccc2)C(F)(F)F)O1. The molecule has 2 saturated heterocycles. The van der Waals surface area contributed by atoms with Crippen LogP contribution in [0.25, 0.3) is 0 Å². The lowest BCUT2D eigenvalue weighted by Gasteiger charge is -2.36. The average Bonchev–Trinajstić information content (AvgIpc) is 3.97. The van der Waals surface area contributed by atoms with Gasteiger partial charge < -0.3 is 33.2 Å². The number of alkyl halides is 6. The molecule has 8 atom stereocenters. The van der Waals surface area contributed by atoms with E-state index in [1.165, 1.54) is 56.2 Å². The second-order valence-corrected chi connectivity index (χ2v) is 19.4. The molecule has 2 aromatic rings. The molecule has 0 aromatic heterocycles. The largest absolute Gasteiger partial charge is 0.462 e. The van der Waals surface area contributed by atoms with E-state index in [9.17, 15) is 24.0 Å². The first kappa shape index (κ1) is 60.2. The third kappa shape index (κ3) is 16.8. The number of halogens is 6. The molecule has 2 aliphatic heterocycles. The van der Waals surface area contributed by atoms with Gasteiger partial charge in [-0.1, -0.05) is 145 Å². The molecule has 0 spiro atoms. The minimum atomic E-state index is -5.26. The van der Waals surface area contributed by atoms with E-state index >= 15 is 26.3 Å². The third-order valence-electron chi connectivity index (χ3n) is 14.0. The van der Waals surface area contributed by atoms with Crippen LogP contribution in [0.5, 0.6) is 0 Å². The molecular formula is C55H76F6O11. The summed E-state index contributed by atoms with van der Waals surface area (Å²) in [5.41, 5.74) is -7.96. The standard InChI is InChI=1S/C55H76F6O11/c1-5-6-7-8-9-10-11-12-15-24-31-45(71-50(65)52(67-3,54(56,57)58)41-26-19-17-20-27-41)47-35-36-48(70-47)46(72-51(66)53(68-4,55(59,60)61)42-28-21-18-22-29-42)32-25-16-13-14-23-30-43(63)33-34-44-38-40(37-39(2)62)49(64)69-44/h17-22,26-29,40,44-48H,5-16,23-25,30-38H2,1-4H3/t40-,44-,45-,46-,47-,48-,52+,53+/m1/s1. The average molecular weight is 1030 g/mol. The number of hydrogen-bond donors (Lipinski definition) is 0. The summed E-state index contributed by atoms with van der Waals surface area (Å²) >= 11 is 0. The molecule has 404 valence electrons. The summed E-state index contributed by atoms with van der Waals surface area (Å²) in [5, 5.41) is 0. The van der Waals surface area contributed by atoms with E-state index in [0.717, 1.165) is 77.0 Å². The quantitative estimate of drug-likeness (QED) is 0.0286. The maximum Gasteiger partial charge on any atom is 0.432 e. The fraction of sp³-hybridized carbons (Fsp3) is 0.691. The predicted octanol–water partition coefficient (Wildman–Crippen LogP) is 12.9. The molecular weight excluding hydrogens is 951 g/mol. The van der Waals surface area contributed by atoms with Crippen LogP contribution in [0.15, 0.2) is 60.7 Å². The summed E-state index contributed by atoms with van der Waals surface area (Å²) < 4.78 is 124. The van der Waals surface area contributed by atoms with Crippen molar-refractivity contribution in [2.45, 2.75) is 222 Å².